The molecule has 2 aromatic carbocycles. The fourth-order valence-electron chi connectivity index (χ4n) is 1.97. The van der Waals surface area contributed by atoms with Crippen LogP contribution in [0, 0.1) is 0 Å². The average molecular weight is 363 g/mol. The number of halogens is 1. The Morgan fingerprint density at radius 1 is 1.12 bits per heavy atom. The Kier molecular flexibility index (Phi) is 6.65. The smallest absolute Gasteiger partial charge is 0.280 e. The molecule has 6 nitrogen and oxygen atoms in total. The van der Waals surface area contributed by atoms with Crippen molar-refractivity contribution in [2.45, 2.75) is 13.0 Å². The molecular formula is C18H19ClN2O4. The van der Waals surface area contributed by atoms with Gasteiger partial charge in [-0.05, 0) is 55.0 Å². The molecule has 0 spiro atoms. The van der Waals surface area contributed by atoms with Crippen molar-refractivity contribution in [2.24, 2.45) is 5.10 Å². The van der Waals surface area contributed by atoms with E-state index < -0.39 is 6.10 Å². The molecule has 0 aliphatic heterocycles. The maximum absolute atomic E-state index is 12.0. The van der Waals surface area contributed by atoms with Gasteiger partial charge in [-0.2, -0.15) is 5.10 Å². The van der Waals surface area contributed by atoms with Crippen LogP contribution < -0.4 is 19.6 Å². The van der Waals surface area contributed by atoms with Crippen molar-refractivity contribution in [1.29, 1.82) is 0 Å². The summed E-state index contributed by atoms with van der Waals surface area (Å²) in [6.45, 7) is 1.63. The van der Waals surface area contributed by atoms with Crippen LogP contribution in [0.1, 0.15) is 12.5 Å². The summed E-state index contributed by atoms with van der Waals surface area (Å²) >= 11 is 5.81. The maximum Gasteiger partial charge on any atom is 0.280 e. The second-order valence-corrected chi connectivity index (χ2v) is 5.50. The van der Waals surface area contributed by atoms with Crippen molar-refractivity contribution < 1.29 is 19.0 Å². The zero-order valence-corrected chi connectivity index (χ0v) is 14.9. The summed E-state index contributed by atoms with van der Waals surface area (Å²) in [4.78, 5) is 12.0. The molecule has 1 N–H and O–H groups in total. The van der Waals surface area contributed by atoms with Crippen molar-refractivity contribution in [3.05, 3.63) is 53.1 Å². The predicted molar refractivity (Wildman–Crippen MR) is 96.8 cm³/mol. The first kappa shape index (κ1) is 18.6. The van der Waals surface area contributed by atoms with E-state index in [1.54, 1.807) is 63.6 Å². The zero-order valence-electron chi connectivity index (χ0n) is 14.2. The van der Waals surface area contributed by atoms with Gasteiger partial charge in [0.25, 0.3) is 5.91 Å². The molecule has 7 heteroatoms. The molecule has 0 fully saturated rings. The minimum Gasteiger partial charge on any atom is -0.493 e. The van der Waals surface area contributed by atoms with E-state index in [9.17, 15) is 4.79 Å². The van der Waals surface area contributed by atoms with Crippen molar-refractivity contribution in [2.75, 3.05) is 14.2 Å². The van der Waals surface area contributed by atoms with Gasteiger partial charge in [0.1, 0.15) is 5.75 Å². The number of rotatable bonds is 7. The predicted octanol–water partition coefficient (Wildman–Crippen LogP) is 3.27. The van der Waals surface area contributed by atoms with Gasteiger partial charge < -0.3 is 14.2 Å². The van der Waals surface area contributed by atoms with Crippen molar-refractivity contribution in [3.8, 4) is 17.2 Å². The van der Waals surface area contributed by atoms with Crippen LogP contribution in [0.5, 0.6) is 17.2 Å². The molecule has 132 valence electrons. The molecule has 0 aliphatic rings. The molecule has 25 heavy (non-hydrogen) atoms. The van der Waals surface area contributed by atoms with Gasteiger partial charge in [-0.3, -0.25) is 4.79 Å². The van der Waals surface area contributed by atoms with Crippen molar-refractivity contribution in [1.82, 2.24) is 5.43 Å². The fourth-order valence-corrected chi connectivity index (χ4v) is 2.09. The lowest BCUT2D eigenvalue weighted by Crippen LogP contribution is -2.33. The van der Waals surface area contributed by atoms with Crippen LogP contribution in [0.3, 0.4) is 0 Å². The first-order chi connectivity index (χ1) is 12.0. The lowest BCUT2D eigenvalue weighted by molar-refractivity contribution is -0.127. The number of hydrogen-bond donors (Lipinski definition) is 1. The van der Waals surface area contributed by atoms with Crippen LogP contribution in [0.4, 0.5) is 0 Å². The van der Waals surface area contributed by atoms with Crippen molar-refractivity contribution in [3.63, 3.8) is 0 Å². The molecule has 0 heterocycles. The third-order valence-corrected chi connectivity index (χ3v) is 3.54. The number of benzene rings is 2. The minimum absolute atomic E-state index is 0.369. The normalized spacial score (nSPS) is 11.8. The van der Waals surface area contributed by atoms with E-state index >= 15 is 0 Å². The number of carbonyl (C=O) groups excluding carboxylic acids is 1. The number of methoxy groups -OCH3 is 2. The molecule has 2 rings (SSSR count). The number of hydrazone groups is 1. The summed E-state index contributed by atoms with van der Waals surface area (Å²) in [6, 6.07) is 12.1. The highest BCUT2D eigenvalue weighted by Crippen LogP contribution is 2.26. The van der Waals surface area contributed by atoms with E-state index in [1.165, 1.54) is 6.21 Å². The number of ether oxygens (including phenoxy) is 3. The molecule has 0 aromatic heterocycles. The van der Waals surface area contributed by atoms with Gasteiger partial charge >= 0.3 is 0 Å². The van der Waals surface area contributed by atoms with Gasteiger partial charge in [0, 0.05) is 5.02 Å². The molecule has 2 aromatic rings. The van der Waals surface area contributed by atoms with Gasteiger partial charge in [-0.25, -0.2) is 5.43 Å². The minimum atomic E-state index is -0.705. The number of hydrogen-bond acceptors (Lipinski definition) is 5. The van der Waals surface area contributed by atoms with Crippen LogP contribution >= 0.6 is 11.6 Å². The highest BCUT2D eigenvalue weighted by molar-refractivity contribution is 6.30. The first-order valence-corrected chi connectivity index (χ1v) is 7.88. The molecule has 1 unspecified atom stereocenters. The monoisotopic (exact) mass is 362 g/mol. The maximum atomic E-state index is 12.0. The van der Waals surface area contributed by atoms with Gasteiger partial charge in [-0.1, -0.05) is 11.6 Å². The van der Waals surface area contributed by atoms with E-state index in [-0.39, 0.29) is 5.91 Å². The Balaban J connectivity index is 1.92. The van der Waals surface area contributed by atoms with Crippen LogP contribution in [0.25, 0.3) is 0 Å². The highest BCUT2D eigenvalue weighted by atomic mass is 35.5. The summed E-state index contributed by atoms with van der Waals surface area (Å²) in [5, 5.41) is 4.53. The molecular weight excluding hydrogens is 344 g/mol. The summed E-state index contributed by atoms with van der Waals surface area (Å²) in [6.07, 6.45) is 0.804. The lowest BCUT2D eigenvalue weighted by Gasteiger charge is -2.12. The zero-order chi connectivity index (χ0) is 18.2. The van der Waals surface area contributed by atoms with E-state index in [0.717, 1.165) is 5.56 Å². The number of nitrogens with zero attached hydrogens (tertiary/aromatic N) is 1. The topological polar surface area (TPSA) is 69.2 Å². The SMILES string of the molecule is COc1ccc(/C=N/NC(=O)C(C)Oc2ccc(Cl)cc2)cc1OC. The molecule has 0 saturated carbocycles. The highest BCUT2D eigenvalue weighted by Gasteiger charge is 2.13. The standard InChI is InChI=1S/C18H19ClN2O4/c1-12(25-15-7-5-14(19)6-8-15)18(22)21-20-11-13-4-9-16(23-2)17(10-13)24-3/h4-12H,1-3H3,(H,21,22)/b20-11+. The van der Waals surface area contributed by atoms with Gasteiger partial charge in [0.05, 0.1) is 20.4 Å². The van der Waals surface area contributed by atoms with Crippen LogP contribution in [0.15, 0.2) is 47.6 Å². The van der Waals surface area contributed by atoms with E-state index in [4.69, 9.17) is 25.8 Å². The Morgan fingerprint density at radius 2 is 1.80 bits per heavy atom. The molecule has 0 bridgehead atoms. The summed E-state index contributed by atoms with van der Waals surface area (Å²) < 4.78 is 15.9. The Hall–Kier alpha value is -2.73. The van der Waals surface area contributed by atoms with E-state index in [1.807, 2.05) is 0 Å². The lowest BCUT2D eigenvalue weighted by atomic mass is 10.2. The second-order valence-electron chi connectivity index (χ2n) is 5.06. The van der Waals surface area contributed by atoms with Crippen LogP contribution in [0.2, 0.25) is 5.02 Å². The molecule has 1 atom stereocenters. The Bertz CT molecular complexity index is 747. The number of nitrogens with one attached hydrogen (secondary N) is 1. The van der Waals surface area contributed by atoms with Gasteiger partial charge in [0.2, 0.25) is 0 Å². The molecule has 0 radical (unpaired) electrons. The van der Waals surface area contributed by atoms with Crippen molar-refractivity contribution >= 4 is 23.7 Å². The average Bonchev–Trinajstić information content (AvgIpc) is 2.63. The number of amides is 1. The molecule has 0 aliphatic carbocycles. The third kappa shape index (κ3) is 5.39. The molecule has 1 amide bonds. The Morgan fingerprint density at radius 3 is 2.44 bits per heavy atom. The quantitative estimate of drug-likeness (QED) is 0.606. The van der Waals surface area contributed by atoms with E-state index in [2.05, 4.69) is 10.5 Å². The summed E-state index contributed by atoms with van der Waals surface area (Å²) in [5.41, 5.74) is 3.19. The first-order valence-electron chi connectivity index (χ1n) is 7.50. The second kappa shape index (κ2) is 8.94. The van der Waals surface area contributed by atoms with E-state index in [0.29, 0.717) is 22.3 Å². The summed E-state index contributed by atoms with van der Waals surface area (Å²) in [7, 11) is 3.12. The summed E-state index contributed by atoms with van der Waals surface area (Å²) in [5.74, 6) is 1.38. The van der Waals surface area contributed by atoms with Crippen LogP contribution in [-0.4, -0.2) is 32.4 Å². The fraction of sp³-hybridized carbons (Fsp3) is 0.222. The molecule has 0 saturated heterocycles. The van der Waals surface area contributed by atoms with Gasteiger partial charge in [-0.15, -0.1) is 0 Å². The Labute approximate surface area is 151 Å². The number of carbonyl (C=O) groups is 1. The largest absolute Gasteiger partial charge is 0.493 e. The van der Waals surface area contributed by atoms with Gasteiger partial charge in [0.15, 0.2) is 17.6 Å². The third-order valence-electron chi connectivity index (χ3n) is 3.29. The van der Waals surface area contributed by atoms with Crippen LogP contribution in [-0.2, 0) is 4.79 Å².